The number of fused-ring (bicyclic) bond motifs is 5. The summed E-state index contributed by atoms with van der Waals surface area (Å²) in [4.78, 5) is 11.8. The molecule has 2 nitrogen and oxygen atoms in total. The Morgan fingerprint density at radius 1 is 1.27 bits per heavy atom. The van der Waals surface area contributed by atoms with Gasteiger partial charge in [-0.3, -0.25) is 4.79 Å². The quantitative estimate of drug-likeness (QED) is 0.685. The van der Waals surface area contributed by atoms with E-state index in [4.69, 9.17) is 0 Å². The van der Waals surface area contributed by atoms with Gasteiger partial charge in [-0.1, -0.05) is 30.6 Å². The second-order valence-electron chi connectivity index (χ2n) is 8.57. The summed E-state index contributed by atoms with van der Waals surface area (Å²) in [6, 6.07) is 0. The van der Waals surface area contributed by atoms with Crippen LogP contribution in [0.1, 0.15) is 59.3 Å². The van der Waals surface area contributed by atoms with Crippen LogP contribution in [0.15, 0.2) is 22.8 Å². The highest BCUT2D eigenvalue weighted by Crippen LogP contribution is 2.62. The van der Waals surface area contributed by atoms with E-state index in [1.54, 1.807) is 5.57 Å². The lowest BCUT2D eigenvalue weighted by Gasteiger charge is -2.53. The third-order valence-corrected chi connectivity index (χ3v) is 7.31. The summed E-state index contributed by atoms with van der Waals surface area (Å²) in [6.07, 6.45) is 7.88. The van der Waals surface area contributed by atoms with E-state index in [1.807, 2.05) is 6.08 Å². The smallest absolute Gasteiger partial charge is 0.155 e. The number of ketones is 1. The van der Waals surface area contributed by atoms with E-state index in [0.717, 1.165) is 32.1 Å². The van der Waals surface area contributed by atoms with Crippen molar-refractivity contribution in [1.29, 1.82) is 0 Å². The number of carbonyl (C=O) groups is 1. The summed E-state index contributed by atoms with van der Waals surface area (Å²) < 4.78 is 0. The summed E-state index contributed by atoms with van der Waals surface area (Å²) in [5, 5.41) is 10.6. The first-order valence-electron chi connectivity index (χ1n) is 9.03. The van der Waals surface area contributed by atoms with Crippen molar-refractivity contribution in [2.75, 3.05) is 0 Å². The van der Waals surface area contributed by atoms with Crippen molar-refractivity contribution in [1.82, 2.24) is 0 Å². The molecular weight excluding hydrogens is 272 g/mol. The van der Waals surface area contributed by atoms with Crippen LogP contribution < -0.4 is 0 Å². The summed E-state index contributed by atoms with van der Waals surface area (Å²) in [7, 11) is 0. The van der Waals surface area contributed by atoms with Gasteiger partial charge in [0.25, 0.3) is 0 Å². The standard InChI is InChI=1S/C20H28O2/c1-11-8-13-10-14(21)4-5-15(13)16-6-7-20(3)17(22)9-12(2)19(20)18(11)16/h10-11,15-18,22H,4-9H2,1-3H3/t11?,15-,16+,17?,18+,20+/m0/s1. The Balaban J connectivity index is 1.76. The van der Waals surface area contributed by atoms with Gasteiger partial charge in [0.15, 0.2) is 5.78 Å². The Labute approximate surface area is 133 Å². The van der Waals surface area contributed by atoms with Crippen molar-refractivity contribution >= 4 is 5.78 Å². The SMILES string of the molecule is CC1=C2[C@@H]3C(C)CC4=CC(=O)CC[C@@H]4[C@H]3CC[C@]2(C)C(O)C1. The van der Waals surface area contributed by atoms with E-state index in [0.29, 0.717) is 29.5 Å². The molecule has 2 unspecified atom stereocenters. The maximum atomic E-state index is 11.8. The Bertz CT molecular complexity index is 585. The van der Waals surface area contributed by atoms with Crippen molar-refractivity contribution in [3.05, 3.63) is 22.8 Å². The molecule has 6 atom stereocenters. The van der Waals surface area contributed by atoms with Gasteiger partial charge in [0.2, 0.25) is 0 Å². The van der Waals surface area contributed by atoms with Crippen LogP contribution in [0, 0.1) is 29.1 Å². The lowest BCUT2D eigenvalue weighted by atomic mass is 9.51. The lowest BCUT2D eigenvalue weighted by Crippen LogP contribution is -2.47. The number of rotatable bonds is 0. The molecule has 0 heterocycles. The molecule has 0 aromatic carbocycles. The minimum Gasteiger partial charge on any atom is -0.392 e. The van der Waals surface area contributed by atoms with Gasteiger partial charge in [-0.15, -0.1) is 0 Å². The van der Waals surface area contributed by atoms with Crippen molar-refractivity contribution in [3.63, 3.8) is 0 Å². The fourth-order valence-electron chi connectivity index (χ4n) is 6.34. The highest BCUT2D eigenvalue weighted by molar-refractivity contribution is 5.91. The Hall–Kier alpha value is -0.890. The van der Waals surface area contributed by atoms with Crippen LogP contribution in [0.25, 0.3) is 0 Å². The minimum atomic E-state index is -0.180. The maximum Gasteiger partial charge on any atom is 0.155 e. The largest absolute Gasteiger partial charge is 0.392 e. The molecule has 0 radical (unpaired) electrons. The third-order valence-electron chi connectivity index (χ3n) is 7.31. The predicted molar refractivity (Wildman–Crippen MR) is 87.2 cm³/mol. The molecule has 2 heteroatoms. The number of aliphatic hydroxyl groups excluding tert-OH is 1. The van der Waals surface area contributed by atoms with Crippen molar-refractivity contribution < 1.29 is 9.90 Å². The van der Waals surface area contributed by atoms with Gasteiger partial charge in [0, 0.05) is 11.8 Å². The zero-order valence-electron chi connectivity index (χ0n) is 14.1. The second-order valence-corrected chi connectivity index (χ2v) is 8.57. The van der Waals surface area contributed by atoms with Crippen LogP contribution in [0.5, 0.6) is 0 Å². The topological polar surface area (TPSA) is 37.3 Å². The zero-order chi connectivity index (χ0) is 15.6. The normalized spacial score (nSPS) is 47.7. The zero-order valence-corrected chi connectivity index (χ0v) is 14.1. The number of aliphatic hydroxyl groups is 1. The predicted octanol–water partition coefficient (Wildman–Crippen LogP) is 4.05. The molecule has 4 rings (SSSR count). The number of carbonyl (C=O) groups excluding carboxylic acids is 1. The molecule has 120 valence electrons. The number of hydrogen-bond acceptors (Lipinski definition) is 2. The maximum absolute atomic E-state index is 11.8. The van der Waals surface area contributed by atoms with Crippen molar-refractivity contribution in [2.45, 2.75) is 65.4 Å². The Morgan fingerprint density at radius 3 is 2.82 bits per heavy atom. The fraction of sp³-hybridized carbons (Fsp3) is 0.750. The monoisotopic (exact) mass is 300 g/mol. The molecule has 4 aliphatic rings. The molecular formula is C20H28O2. The molecule has 1 N–H and O–H groups in total. The van der Waals surface area contributed by atoms with Crippen molar-refractivity contribution in [2.24, 2.45) is 29.1 Å². The number of allylic oxidation sites excluding steroid dienone is 2. The highest BCUT2D eigenvalue weighted by Gasteiger charge is 2.55. The molecule has 2 saturated carbocycles. The van der Waals surface area contributed by atoms with Crippen LogP contribution in [0.3, 0.4) is 0 Å². The minimum absolute atomic E-state index is 0.0191. The summed E-state index contributed by atoms with van der Waals surface area (Å²) in [6.45, 7) is 6.90. The first-order valence-corrected chi connectivity index (χ1v) is 9.03. The summed E-state index contributed by atoms with van der Waals surface area (Å²) in [5.74, 6) is 2.90. The molecule has 0 aliphatic heterocycles. The third kappa shape index (κ3) is 1.86. The average molecular weight is 300 g/mol. The van der Waals surface area contributed by atoms with E-state index in [9.17, 15) is 9.90 Å². The molecule has 4 aliphatic carbocycles. The number of hydrogen-bond donors (Lipinski definition) is 1. The van der Waals surface area contributed by atoms with Gasteiger partial charge in [-0.05, 0) is 68.8 Å². The van der Waals surface area contributed by atoms with Gasteiger partial charge >= 0.3 is 0 Å². The first kappa shape index (κ1) is 14.7. The molecule has 2 fully saturated rings. The molecule has 22 heavy (non-hydrogen) atoms. The van der Waals surface area contributed by atoms with E-state index in [-0.39, 0.29) is 11.5 Å². The molecule has 0 amide bonds. The van der Waals surface area contributed by atoms with E-state index >= 15 is 0 Å². The lowest BCUT2D eigenvalue weighted by molar-refractivity contribution is -0.115. The molecule has 0 saturated heterocycles. The van der Waals surface area contributed by atoms with Crippen LogP contribution in [0.2, 0.25) is 0 Å². The molecule has 0 bridgehead atoms. The molecule has 0 aromatic rings. The van der Waals surface area contributed by atoms with Crippen LogP contribution in [-0.2, 0) is 4.79 Å². The average Bonchev–Trinajstić information content (AvgIpc) is 2.69. The first-order chi connectivity index (χ1) is 10.4. The van der Waals surface area contributed by atoms with E-state index in [2.05, 4.69) is 20.8 Å². The second kappa shape index (κ2) is 4.80. The fourth-order valence-corrected chi connectivity index (χ4v) is 6.34. The Kier molecular flexibility index (Phi) is 3.21. The highest BCUT2D eigenvalue weighted by atomic mass is 16.3. The van der Waals surface area contributed by atoms with Crippen LogP contribution in [-0.4, -0.2) is 17.0 Å². The van der Waals surface area contributed by atoms with Gasteiger partial charge in [0.1, 0.15) is 0 Å². The van der Waals surface area contributed by atoms with Crippen molar-refractivity contribution in [3.8, 4) is 0 Å². The van der Waals surface area contributed by atoms with E-state index in [1.165, 1.54) is 17.6 Å². The summed E-state index contributed by atoms with van der Waals surface area (Å²) in [5.41, 5.74) is 4.51. The molecule has 0 aromatic heterocycles. The van der Waals surface area contributed by atoms with Gasteiger partial charge in [-0.25, -0.2) is 0 Å². The van der Waals surface area contributed by atoms with Gasteiger partial charge < -0.3 is 5.11 Å². The van der Waals surface area contributed by atoms with Gasteiger partial charge in [-0.2, -0.15) is 0 Å². The van der Waals surface area contributed by atoms with E-state index < -0.39 is 0 Å². The van der Waals surface area contributed by atoms with Crippen LogP contribution in [0.4, 0.5) is 0 Å². The molecule has 0 spiro atoms. The Morgan fingerprint density at radius 2 is 2.05 bits per heavy atom. The van der Waals surface area contributed by atoms with Gasteiger partial charge in [0.05, 0.1) is 6.10 Å². The van der Waals surface area contributed by atoms with Crippen LogP contribution >= 0.6 is 0 Å². The summed E-state index contributed by atoms with van der Waals surface area (Å²) >= 11 is 0.